The minimum absolute atomic E-state index is 0.373. The first-order chi connectivity index (χ1) is 6.42. The number of ether oxygens (including phenoxy) is 2. The van der Waals surface area contributed by atoms with Crippen LogP contribution < -0.4 is 0 Å². The second-order valence-corrected chi connectivity index (χ2v) is 4.32. The van der Waals surface area contributed by atoms with Gasteiger partial charge in [-0.05, 0) is 19.3 Å². The average Bonchev–Trinajstić information content (AvgIpc) is 2.67. The Kier molecular flexibility index (Phi) is 3.47. The molecule has 0 bridgehead atoms. The zero-order valence-electron chi connectivity index (χ0n) is 7.88. The molecule has 13 heavy (non-hydrogen) atoms. The van der Waals surface area contributed by atoms with Crippen molar-refractivity contribution in [2.75, 3.05) is 25.7 Å². The van der Waals surface area contributed by atoms with Crippen molar-refractivity contribution in [2.24, 2.45) is 11.8 Å². The van der Waals surface area contributed by atoms with Gasteiger partial charge in [-0.25, -0.2) is 0 Å². The van der Waals surface area contributed by atoms with E-state index in [-0.39, 0.29) is 0 Å². The van der Waals surface area contributed by atoms with Gasteiger partial charge in [-0.3, -0.25) is 0 Å². The Labute approximate surface area is 84.5 Å². The summed E-state index contributed by atoms with van der Waals surface area (Å²) in [5.41, 5.74) is 0. The first-order valence-corrected chi connectivity index (χ1v) is 5.70. The molecule has 0 aromatic carbocycles. The van der Waals surface area contributed by atoms with Crippen molar-refractivity contribution in [3.8, 4) is 0 Å². The molecular formula is C10H17ClO2. The Morgan fingerprint density at radius 3 is 2.85 bits per heavy atom. The van der Waals surface area contributed by atoms with Crippen LogP contribution in [0.2, 0.25) is 0 Å². The molecule has 0 radical (unpaired) electrons. The van der Waals surface area contributed by atoms with E-state index in [9.17, 15) is 0 Å². The van der Waals surface area contributed by atoms with E-state index in [4.69, 9.17) is 21.1 Å². The highest BCUT2D eigenvalue weighted by Gasteiger charge is 2.35. The molecule has 3 unspecified atom stereocenters. The van der Waals surface area contributed by atoms with Crippen molar-refractivity contribution < 1.29 is 9.47 Å². The standard InChI is InChI=1S/C10H17ClO2/c11-6-8-3-5-13-10(8)9-2-1-4-12-7-9/h8-10H,1-7H2. The minimum atomic E-state index is 0.373. The number of halogens is 1. The lowest BCUT2D eigenvalue weighted by Gasteiger charge is -2.29. The topological polar surface area (TPSA) is 18.5 Å². The van der Waals surface area contributed by atoms with Gasteiger partial charge in [0.2, 0.25) is 0 Å². The smallest absolute Gasteiger partial charge is 0.0665 e. The molecule has 0 amide bonds. The molecule has 0 aromatic rings. The van der Waals surface area contributed by atoms with E-state index < -0.39 is 0 Å². The predicted molar refractivity (Wildman–Crippen MR) is 52.1 cm³/mol. The van der Waals surface area contributed by atoms with Crippen molar-refractivity contribution in [3.05, 3.63) is 0 Å². The van der Waals surface area contributed by atoms with Gasteiger partial charge in [0.25, 0.3) is 0 Å². The second kappa shape index (κ2) is 4.63. The highest BCUT2D eigenvalue weighted by atomic mass is 35.5. The van der Waals surface area contributed by atoms with Crippen LogP contribution in [0.4, 0.5) is 0 Å². The maximum absolute atomic E-state index is 5.90. The Morgan fingerprint density at radius 2 is 2.15 bits per heavy atom. The van der Waals surface area contributed by atoms with Crippen molar-refractivity contribution in [1.29, 1.82) is 0 Å². The second-order valence-electron chi connectivity index (χ2n) is 4.02. The van der Waals surface area contributed by atoms with E-state index in [0.29, 0.717) is 17.9 Å². The van der Waals surface area contributed by atoms with Crippen LogP contribution in [0.15, 0.2) is 0 Å². The molecule has 2 heterocycles. The molecule has 0 aliphatic carbocycles. The van der Waals surface area contributed by atoms with E-state index >= 15 is 0 Å². The van der Waals surface area contributed by atoms with Crippen molar-refractivity contribution in [3.63, 3.8) is 0 Å². The summed E-state index contributed by atoms with van der Waals surface area (Å²) >= 11 is 5.90. The molecule has 2 aliphatic rings. The molecular weight excluding hydrogens is 188 g/mol. The molecule has 76 valence electrons. The van der Waals surface area contributed by atoms with E-state index in [1.807, 2.05) is 0 Å². The Morgan fingerprint density at radius 1 is 1.23 bits per heavy atom. The fourth-order valence-electron chi connectivity index (χ4n) is 2.37. The summed E-state index contributed by atoms with van der Waals surface area (Å²) in [6.45, 7) is 2.69. The van der Waals surface area contributed by atoms with Gasteiger partial charge in [0, 0.05) is 30.9 Å². The van der Waals surface area contributed by atoms with Crippen molar-refractivity contribution >= 4 is 11.6 Å². The normalized spacial score (nSPS) is 40.8. The van der Waals surface area contributed by atoms with Crippen LogP contribution in [0.1, 0.15) is 19.3 Å². The van der Waals surface area contributed by atoms with E-state index in [1.165, 1.54) is 12.8 Å². The van der Waals surface area contributed by atoms with Gasteiger partial charge < -0.3 is 9.47 Å². The van der Waals surface area contributed by atoms with Crippen LogP contribution in [0.3, 0.4) is 0 Å². The van der Waals surface area contributed by atoms with Crippen LogP contribution in [0.25, 0.3) is 0 Å². The van der Waals surface area contributed by atoms with Gasteiger partial charge in [-0.15, -0.1) is 11.6 Å². The first kappa shape index (κ1) is 9.75. The third-order valence-electron chi connectivity index (χ3n) is 3.12. The predicted octanol–water partition coefficient (Wildman–Crippen LogP) is 2.06. The van der Waals surface area contributed by atoms with Crippen LogP contribution in [0.5, 0.6) is 0 Å². The summed E-state index contributed by atoms with van der Waals surface area (Å²) in [5.74, 6) is 1.90. The van der Waals surface area contributed by atoms with Gasteiger partial charge in [0.1, 0.15) is 0 Å². The number of rotatable bonds is 2. The maximum atomic E-state index is 5.90. The zero-order chi connectivity index (χ0) is 9.10. The molecule has 2 saturated heterocycles. The van der Waals surface area contributed by atoms with E-state index in [0.717, 1.165) is 32.1 Å². The minimum Gasteiger partial charge on any atom is -0.381 e. The van der Waals surface area contributed by atoms with Crippen LogP contribution in [0, 0.1) is 11.8 Å². The van der Waals surface area contributed by atoms with Crippen molar-refractivity contribution in [1.82, 2.24) is 0 Å². The van der Waals surface area contributed by atoms with E-state index in [1.54, 1.807) is 0 Å². The summed E-state index contributed by atoms with van der Waals surface area (Å²) in [5, 5.41) is 0. The van der Waals surface area contributed by atoms with Crippen LogP contribution >= 0.6 is 11.6 Å². The van der Waals surface area contributed by atoms with Gasteiger partial charge in [-0.2, -0.15) is 0 Å². The molecule has 2 aliphatic heterocycles. The Balaban J connectivity index is 1.90. The summed E-state index contributed by atoms with van der Waals surface area (Å²) in [6, 6.07) is 0. The highest BCUT2D eigenvalue weighted by molar-refractivity contribution is 6.18. The molecule has 2 nitrogen and oxygen atoms in total. The van der Waals surface area contributed by atoms with Gasteiger partial charge in [0.05, 0.1) is 12.7 Å². The monoisotopic (exact) mass is 204 g/mol. The van der Waals surface area contributed by atoms with E-state index in [2.05, 4.69) is 0 Å². The van der Waals surface area contributed by atoms with Gasteiger partial charge >= 0.3 is 0 Å². The highest BCUT2D eigenvalue weighted by Crippen LogP contribution is 2.31. The largest absolute Gasteiger partial charge is 0.381 e. The summed E-state index contributed by atoms with van der Waals surface area (Å²) in [4.78, 5) is 0. The lowest BCUT2D eigenvalue weighted by Crippen LogP contribution is -2.33. The molecule has 3 heteroatoms. The molecule has 2 fully saturated rings. The van der Waals surface area contributed by atoms with Gasteiger partial charge in [0.15, 0.2) is 0 Å². The third kappa shape index (κ3) is 2.17. The summed E-state index contributed by atoms with van der Waals surface area (Å²) < 4.78 is 11.2. The molecule has 0 saturated carbocycles. The average molecular weight is 205 g/mol. The first-order valence-electron chi connectivity index (χ1n) is 5.17. The maximum Gasteiger partial charge on any atom is 0.0665 e. The lowest BCUT2D eigenvalue weighted by molar-refractivity contribution is -0.0313. The molecule has 2 rings (SSSR count). The molecule has 0 spiro atoms. The van der Waals surface area contributed by atoms with Crippen molar-refractivity contribution in [2.45, 2.75) is 25.4 Å². The molecule has 3 atom stereocenters. The fraction of sp³-hybridized carbons (Fsp3) is 1.00. The number of hydrogen-bond donors (Lipinski definition) is 0. The summed E-state index contributed by atoms with van der Waals surface area (Å²) in [6.07, 6.45) is 3.93. The van der Waals surface area contributed by atoms with Crippen LogP contribution in [-0.2, 0) is 9.47 Å². The Bertz CT molecular complexity index is 157. The van der Waals surface area contributed by atoms with Gasteiger partial charge in [-0.1, -0.05) is 0 Å². The fourth-order valence-corrected chi connectivity index (χ4v) is 2.70. The number of hydrogen-bond acceptors (Lipinski definition) is 2. The molecule has 0 N–H and O–H groups in total. The molecule has 0 aromatic heterocycles. The quantitative estimate of drug-likeness (QED) is 0.642. The zero-order valence-corrected chi connectivity index (χ0v) is 8.63. The number of alkyl halides is 1. The van der Waals surface area contributed by atoms with Crippen LogP contribution in [-0.4, -0.2) is 31.8 Å². The summed E-state index contributed by atoms with van der Waals surface area (Å²) in [7, 11) is 0. The SMILES string of the molecule is ClCC1CCOC1C1CCCOC1. The Hall–Kier alpha value is 0.210. The third-order valence-corrected chi connectivity index (χ3v) is 3.52. The lowest BCUT2D eigenvalue weighted by atomic mass is 9.88.